The molecule has 1 heterocycles. The smallest absolute Gasteiger partial charge is 0.419 e. The summed E-state index contributed by atoms with van der Waals surface area (Å²) in [4.78, 5) is 15.9. The van der Waals surface area contributed by atoms with Crippen LogP contribution in [-0.4, -0.2) is 37.4 Å². The zero-order valence-electron chi connectivity index (χ0n) is 17.4. The number of ether oxygens (including phenoxy) is 4. The van der Waals surface area contributed by atoms with Gasteiger partial charge in [-0.3, -0.25) is 4.98 Å². The van der Waals surface area contributed by atoms with Crippen LogP contribution in [0.2, 0.25) is 0 Å². The SMILES string of the molecule is CC[C@@H](Oc1ccc(C(=O)OC)cc1C(F)(F)F)c1ccc(OC2CC(OC)C2)cn1. The zero-order valence-corrected chi connectivity index (χ0v) is 17.4. The predicted octanol–water partition coefficient (Wildman–Crippen LogP) is 4.97. The van der Waals surface area contributed by atoms with Crippen molar-refractivity contribution in [1.82, 2.24) is 4.98 Å². The highest BCUT2D eigenvalue weighted by molar-refractivity contribution is 5.89. The minimum atomic E-state index is -4.70. The second-order valence-corrected chi connectivity index (χ2v) is 7.20. The molecule has 168 valence electrons. The number of nitrogens with zero attached hydrogens (tertiary/aromatic N) is 1. The lowest BCUT2D eigenvalue weighted by molar-refractivity contribution is -0.139. The van der Waals surface area contributed by atoms with Gasteiger partial charge in [-0.2, -0.15) is 13.2 Å². The fraction of sp³-hybridized carbons (Fsp3) is 0.455. The molecule has 9 heteroatoms. The number of carbonyl (C=O) groups excluding carboxylic acids is 1. The third-order valence-electron chi connectivity index (χ3n) is 5.12. The second-order valence-electron chi connectivity index (χ2n) is 7.20. The minimum absolute atomic E-state index is 0.0680. The lowest BCUT2D eigenvalue weighted by atomic mass is 9.92. The van der Waals surface area contributed by atoms with Crippen LogP contribution in [0.1, 0.15) is 53.9 Å². The number of benzene rings is 1. The van der Waals surface area contributed by atoms with E-state index in [-0.39, 0.29) is 23.5 Å². The monoisotopic (exact) mass is 439 g/mol. The van der Waals surface area contributed by atoms with Gasteiger partial charge in [0.05, 0.1) is 36.2 Å². The first-order valence-electron chi connectivity index (χ1n) is 9.86. The normalized spacial score (nSPS) is 19.3. The standard InChI is InChI=1S/C22H24F3NO5/c1-4-19(18-7-6-14(12-26-18)30-16-10-15(11-16)28-2)31-20-8-5-13(21(27)29-3)9-17(20)22(23,24)25/h5-9,12,15-16,19H,4,10-11H2,1-3H3/t15?,16?,19-/m1/s1. The van der Waals surface area contributed by atoms with Gasteiger partial charge in [-0.1, -0.05) is 6.92 Å². The molecule has 1 aromatic heterocycles. The molecular weight excluding hydrogens is 415 g/mol. The van der Waals surface area contributed by atoms with Crippen LogP contribution >= 0.6 is 0 Å². The molecular formula is C22H24F3NO5. The number of pyridine rings is 1. The van der Waals surface area contributed by atoms with Gasteiger partial charge in [-0.25, -0.2) is 4.79 Å². The molecule has 2 aromatic rings. The molecule has 1 aromatic carbocycles. The van der Waals surface area contributed by atoms with Crippen LogP contribution in [0.3, 0.4) is 0 Å². The molecule has 0 N–H and O–H groups in total. The third-order valence-corrected chi connectivity index (χ3v) is 5.12. The summed E-state index contributed by atoms with van der Waals surface area (Å²) >= 11 is 0. The first-order chi connectivity index (χ1) is 14.7. The highest BCUT2D eigenvalue weighted by Crippen LogP contribution is 2.39. The summed E-state index contributed by atoms with van der Waals surface area (Å²) in [5.74, 6) is -0.657. The number of rotatable bonds is 8. The summed E-state index contributed by atoms with van der Waals surface area (Å²) in [6.07, 6.45) is -1.59. The van der Waals surface area contributed by atoms with Crippen LogP contribution in [-0.2, 0) is 15.7 Å². The maximum Gasteiger partial charge on any atom is 0.419 e. The van der Waals surface area contributed by atoms with Crippen molar-refractivity contribution in [3.8, 4) is 11.5 Å². The zero-order chi connectivity index (χ0) is 22.6. The van der Waals surface area contributed by atoms with Crippen molar-refractivity contribution in [2.24, 2.45) is 0 Å². The Balaban J connectivity index is 1.75. The molecule has 0 aliphatic heterocycles. The number of alkyl halides is 3. The molecule has 0 saturated heterocycles. The maximum atomic E-state index is 13.5. The largest absolute Gasteiger partial charge is 0.489 e. The molecule has 3 rings (SSSR count). The number of hydrogen-bond acceptors (Lipinski definition) is 6. The van der Waals surface area contributed by atoms with Crippen LogP contribution in [0.15, 0.2) is 36.5 Å². The Morgan fingerprint density at radius 2 is 1.90 bits per heavy atom. The number of halogens is 3. The predicted molar refractivity (Wildman–Crippen MR) is 105 cm³/mol. The van der Waals surface area contributed by atoms with Crippen molar-refractivity contribution in [3.63, 3.8) is 0 Å². The molecule has 0 unspecified atom stereocenters. The van der Waals surface area contributed by atoms with Crippen molar-refractivity contribution in [2.75, 3.05) is 14.2 Å². The second kappa shape index (κ2) is 9.55. The van der Waals surface area contributed by atoms with Crippen molar-refractivity contribution < 1.29 is 36.9 Å². The third kappa shape index (κ3) is 5.46. The van der Waals surface area contributed by atoms with Crippen LogP contribution in [0.5, 0.6) is 11.5 Å². The van der Waals surface area contributed by atoms with E-state index >= 15 is 0 Å². The summed E-state index contributed by atoms with van der Waals surface area (Å²) in [6.45, 7) is 1.78. The Labute approximate surface area is 178 Å². The molecule has 6 nitrogen and oxygen atoms in total. The van der Waals surface area contributed by atoms with E-state index in [1.54, 1.807) is 26.2 Å². The molecule has 1 saturated carbocycles. The molecule has 1 aliphatic carbocycles. The minimum Gasteiger partial charge on any atom is -0.489 e. The Bertz CT molecular complexity index is 895. The lowest BCUT2D eigenvalue weighted by Gasteiger charge is -2.34. The van der Waals surface area contributed by atoms with Gasteiger partial charge < -0.3 is 18.9 Å². The number of aromatic nitrogens is 1. The number of hydrogen-bond donors (Lipinski definition) is 0. The van der Waals surface area contributed by atoms with Gasteiger partial charge in [0.1, 0.15) is 23.7 Å². The molecule has 0 radical (unpaired) electrons. The van der Waals surface area contributed by atoms with Gasteiger partial charge in [0.25, 0.3) is 0 Å². The highest BCUT2D eigenvalue weighted by atomic mass is 19.4. The maximum absolute atomic E-state index is 13.5. The molecule has 31 heavy (non-hydrogen) atoms. The first-order valence-corrected chi connectivity index (χ1v) is 9.86. The summed E-state index contributed by atoms with van der Waals surface area (Å²) in [7, 11) is 2.77. The van der Waals surface area contributed by atoms with Crippen molar-refractivity contribution >= 4 is 5.97 Å². The average Bonchev–Trinajstić information content (AvgIpc) is 2.73. The highest BCUT2D eigenvalue weighted by Gasteiger charge is 2.36. The summed E-state index contributed by atoms with van der Waals surface area (Å²) in [6, 6.07) is 6.48. The number of esters is 1. The fourth-order valence-electron chi connectivity index (χ4n) is 3.26. The van der Waals surface area contributed by atoms with Gasteiger partial charge in [0.15, 0.2) is 0 Å². The topological polar surface area (TPSA) is 66.9 Å². The van der Waals surface area contributed by atoms with Crippen LogP contribution in [0.25, 0.3) is 0 Å². The van der Waals surface area contributed by atoms with E-state index in [0.29, 0.717) is 17.9 Å². The van der Waals surface area contributed by atoms with E-state index in [2.05, 4.69) is 9.72 Å². The first kappa shape index (κ1) is 22.9. The summed E-state index contributed by atoms with van der Waals surface area (Å²) in [5, 5.41) is 0. The number of carbonyl (C=O) groups is 1. The van der Waals surface area contributed by atoms with E-state index in [0.717, 1.165) is 32.1 Å². The van der Waals surface area contributed by atoms with Crippen molar-refractivity contribution in [1.29, 1.82) is 0 Å². The average molecular weight is 439 g/mol. The van der Waals surface area contributed by atoms with E-state index in [9.17, 15) is 18.0 Å². The summed E-state index contributed by atoms with van der Waals surface area (Å²) in [5.41, 5.74) is -0.781. The number of methoxy groups -OCH3 is 2. The van der Waals surface area contributed by atoms with Crippen LogP contribution < -0.4 is 9.47 Å². The molecule has 0 amide bonds. The lowest BCUT2D eigenvalue weighted by Crippen LogP contribution is -2.38. The van der Waals surface area contributed by atoms with Gasteiger partial charge in [0, 0.05) is 20.0 Å². The van der Waals surface area contributed by atoms with Crippen molar-refractivity contribution in [2.45, 2.75) is 50.7 Å². The van der Waals surface area contributed by atoms with E-state index in [1.807, 2.05) is 0 Å². The fourth-order valence-corrected chi connectivity index (χ4v) is 3.26. The van der Waals surface area contributed by atoms with E-state index in [1.165, 1.54) is 12.3 Å². The molecule has 0 bridgehead atoms. The van der Waals surface area contributed by atoms with Gasteiger partial charge >= 0.3 is 12.1 Å². The quantitative estimate of drug-likeness (QED) is 0.541. The Morgan fingerprint density at radius 3 is 2.45 bits per heavy atom. The van der Waals surface area contributed by atoms with Crippen LogP contribution in [0.4, 0.5) is 13.2 Å². The van der Waals surface area contributed by atoms with Gasteiger partial charge in [0.2, 0.25) is 0 Å². The van der Waals surface area contributed by atoms with Gasteiger partial charge in [-0.15, -0.1) is 0 Å². The molecule has 1 fully saturated rings. The van der Waals surface area contributed by atoms with E-state index in [4.69, 9.17) is 14.2 Å². The van der Waals surface area contributed by atoms with Gasteiger partial charge in [-0.05, 0) is 36.8 Å². The Kier molecular flexibility index (Phi) is 7.04. The Morgan fingerprint density at radius 1 is 1.16 bits per heavy atom. The van der Waals surface area contributed by atoms with Crippen LogP contribution in [0, 0.1) is 0 Å². The molecule has 1 aliphatic rings. The molecule has 0 spiro atoms. The summed E-state index contributed by atoms with van der Waals surface area (Å²) < 4.78 is 61.8. The van der Waals surface area contributed by atoms with E-state index < -0.39 is 23.8 Å². The molecule has 1 atom stereocenters. The Hall–Kier alpha value is -2.81. The van der Waals surface area contributed by atoms with Crippen molar-refractivity contribution in [3.05, 3.63) is 53.3 Å².